The van der Waals surface area contributed by atoms with Crippen LogP contribution in [0.25, 0.3) is 0 Å². The van der Waals surface area contributed by atoms with Crippen molar-refractivity contribution >= 4 is 5.97 Å². The Morgan fingerprint density at radius 1 is 1.21 bits per heavy atom. The third kappa shape index (κ3) is 9.48. The quantitative estimate of drug-likeness (QED) is 0.450. The molecule has 0 amide bonds. The van der Waals surface area contributed by atoms with Crippen molar-refractivity contribution in [1.29, 1.82) is 0 Å². The van der Waals surface area contributed by atoms with Crippen molar-refractivity contribution < 1.29 is 14.3 Å². The largest absolute Gasteiger partial charge is 0.463 e. The highest BCUT2D eigenvalue weighted by atomic mass is 16.6. The number of carbonyl (C=O) groups excluding carboxylic acids is 1. The molecule has 4 heteroatoms. The molecule has 0 aliphatic carbocycles. The maximum atomic E-state index is 11.0. The molecule has 0 aromatic rings. The van der Waals surface area contributed by atoms with E-state index in [1.807, 2.05) is 6.92 Å². The average molecular weight is 203 g/mol. The fourth-order valence-electron chi connectivity index (χ4n) is 0.947. The summed E-state index contributed by atoms with van der Waals surface area (Å²) < 4.78 is 10.1. The van der Waals surface area contributed by atoms with Gasteiger partial charge in [-0.05, 0) is 25.8 Å². The molecular weight excluding hydrogens is 182 g/mol. The van der Waals surface area contributed by atoms with E-state index in [1.54, 1.807) is 0 Å². The highest BCUT2D eigenvalue weighted by Crippen LogP contribution is 1.96. The molecule has 14 heavy (non-hydrogen) atoms. The predicted octanol–water partition coefficient (Wildman–Crippen LogP) is 1.09. The van der Waals surface area contributed by atoms with E-state index in [0.29, 0.717) is 26.2 Å². The molecule has 0 aromatic heterocycles. The van der Waals surface area contributed by atoms with Gasteiger partial charge in [-0.2, -0.15) is 0 Å². The number of carbonyl (C=O) groups is 1. The lowest BCUT2D eigenvalue weighted by Crippen LogP contribution is -2.11. The standard InChI is InChI=1S/C10H21NO3/c1-2-7-13-8-9-14-10(12)5-3-4-6-11/h2-9,11H2,1H3. The van der Waals surface area contributed by atoms with Gasteiger partial charge in [0.05, 0.1) is 6.61 Å². The lowest BCUT2D eigenvalue weighted by atomic mass is 10.2. The Bertz CT molecular complexity index is 139. The summed E-state index contributed by atoms with van der Waals surface area (Å²) in [6.07, 6.45) is 3.14. The Morgan fingerprint density at radius 3 is 2.64 bits per heavy atom. The molecule has 4 nitrogen and oxygen atoms in total. The first-order valence-electron chi connectivity index (χ1n) is 5.24. The van der Waals surface area contributed by atoms with Crippen molar-refractivity contribution in [3.63, 3.8) is 0 Å². The number of nitrogens with two attached hydrogens (primary N) is 1. The average Bonchev–Trinajstić information content (AvgIpc) is 2.18. The van der Waals surface area contributed by atoms with Crippen LogP contribution in [0.4, 0.5) is 0 Å². The minimum Gasteiger partial charge on any atom is -0.463 e. The third-order valence-electron chi connectivity index (χ3n) is 1.67. The summed E-state index contributed by atoms with van der Waals surface area (Å²) in [5.74, 6) is -0.154. The molecule has 0 unspecified atom stereocenters. The van der Waals surface area contributed by atoms with Crippen molar-refractivity contribution in [2.75, 3.05) is 26.4 Å². The van der Waals surface area contributed by atoms with Gasteiger partial charge in [0.2, 0.25) is 0 Å². The van der Waals surface area contributed by atoms with Crippen LogP contribution in [-0.4, -0.2) is 32.3 Å². The zero-order valence-corrected chi connectivity index (χ0v) is 8.96. The van der Waals surface area contributed by atoms with E-state index in [2.05, 4.69) is 0 Å². The monoisotopic (exact) mass is 203 g/mol. The SMILES string of the molecule is CCCOCCOC(=O)CCCCN. The zero-order chi connectivity index (χ0) is 10.6. The van der Waals surface area contributed by atoms with Crippen LogP contribution in [0.3, 0.4) is 0 Å². The summed E-state index contributed by atoms with van der Waals surface area (Å²) in [7, 11) is 0. The second-order valence-electron chi connectivity index (χ2n) is 3.08. The molecular formula is C10H21NO3. The van der Waals surface area contributed by atoms with Gasteiger partial charge >= 0.3 is 5.97 Å². The van der Waals surface area contributed by atoms with Crippen molar-refractivity contribution in [3.05, 3.63) is 0 Å². The van der Waals surface area contributed by atoms with Crippen molar-refractivity contribution in [2.24, 2.45) is 5.73 Å². The van der Waals surface area contributed by atoms with Gasteiger partial charge in [0, 0.05) is 13.0 Å². The van der Waals surface area contributed by atoms with Gasteiger partial charge in [-0.25, -0.2) is 0 Å². The number of unbranched alkanes of at least 4 members (excludes halogenated alkanes) is 1. The first-order chi connectivity index (χ1) is 6.81. The summed E-state index contributed by atoms with van der Waals surface area (Å²) in [5.41, 5.74) is 5.30. The Morgan fingerprint density at radius 2 is 2.00 bits per heavy atom. The van der Waals surface area contributed by atoms with E-state index in [1.165, 1.54) is 0 Å². The highest BCUT2D eigenvalue weighted by molar-refractivity contribution is 5.69. The van der Waals surface area contributed by atoms with Crippen LogP contribution in [0.1, 0.15) is 32.6 Å². The molecule has 0 aliphatic heterocycles. The van der Waals surface area contributed by atoms with Crippen LogP contribution in [0.5, 0.6) is 0 Å². The van der Waals surface area contributed by atoms with E-state index in [-0.39, 0.29) is 5.97 Å². The van der Waals surface area contributed by atoms with E-state index in [4.69, 9.17) is 15.2 Å². The number of rotatable bonds is 9. The fraction of sp³-hybridized carbons (Fsp3) is 0.900. The van der Waals surface area contributed by atoms with Crippen LogP contribution in [0.2, 0.25) is 0 Å². The van der Waals surface area contributed by atoms with Crippen molar-refractivity contribution in [1.82, 2.24) is 0 Å². The second kappa shape index (κ2) is 10.5. The van der Waals surface area contributed by atoms with Crippen LogP contribution in [-0.2, 0) is 14.3 Å². The summed E-state index contributed by atoms with van der Waals surface area (Å²) >= 11 is 0. The Balaban J connectivity index is 3.10. The molecule has 0 fully saturated rings. The maximum Gasteiger partial charge on any atom is 0.305 e. The van der Waals surface area contributed by atoms with Gasteiger partial charge in [0.15, 0.2) is 0 Å². The molecule has 0 rings (SSSR count). The van der Waals surface area contributed by atoms with Crippen LogP contribution >= 0.6 is 0 Å². The minimum absolute atomic E-state index is 0.154. The molecule has 0 bridgehead atoms. The summed E-state index contributed by atoms with van der Waals surface area (Å²) in [6.45, 7) is 4.26. The van der Waals surface area contributed by atoms with Gasteiger partial charge in [0.1, 0.15) is 6.61 Å². The highest BCUT2D eigenvalue weighted by Gasteiger charge is 2.01. The normalized spacial score (nSPS) is 10.1. The number of hydrogen-bond donors (Lipinski definition) is 1. The summed E-state index contributed by atoms with van der Waals surface area (Å²) in [4.78, 5) is 11.0. The van der Waals surface area contributed by atoms with Gasteiger partial charge in [-0.15, -0.1) is 0 Å². The molecule has 0 radical (unpaired) electrons. The first kappa shape index (κ1) is 13.4. The molecule has 0 aliphatic rings. The lowest BCUT2D eigenvalue weighted by molar-refractivity contribution is -0.145. The summed E-state index contributed by atoms with van der Waals surface area (Å²) in [5, 5.41) is 0. The topological polar surface area (TPSA) is 61.5 Å². The van der Waals surface area contributed by atoms with Crippen LogP contribution in [0.15, 0.2) is 0 Å². The molecule has 0 aromatic carbocycles. The van der Waals surface area contributed by atoms with E-state index in [9.17, 15) is 4.79 Å². The molecule has 84 valence electrons. The molecule has 0 heterocycles. The number of ether oxygens (including phenoxy) is 2. The van der Waals surface area contributed by atoms with E-state index in [0.717, 1.165) is 25.9 Å². The Labute approximate surface area is 85.8 Å². The molecule has 0 spiro atoms. The maximum absolute atomic E-state index is 11.0. The molecule has 0 saturated carbocycles. The van der Waals surface area contributed by atoms with Crippen molar-refractivity contribution in [2.45, 2.75) is 32.6 Å². The van der Waals surface area contributed by atoms with E-state index < -0.39 is 0 Å². The Kier molecular flexibility index (Phi) is 10.0. The second-order valence-corrected chi connectivity index (χ2v) is 3.08. The van der Waals surface area contributed by atoms with Crippen LogP contribution in [0, 0.1) is 0 Å². The van der Waals surface area contributed by atoms with Gasteiger partial charge in [-0.1, -0.05) is 6.92 Å². The number of esters is 1. The first-order valence-corrected chi connectivity index (χ1v) is 5.24. The molecule has 0 atom stereocenters. The minimum atomic E-state index is -0.154. The van der Waals surface area contributed by atoms with Gasteiger partial charge in [-0.3, -0.25) is 4.79 Å². The molecule has 2 N–H and O–H groups in total. The lowest BCUT2D eigenvalue weighted by Gasteiger charge is -2.04. The smallest absolute Gasteiger partial charge is 0.305 e. The summed E-state index contributed by atoms with van der Waals surface area (Å²) in [6, 6.07) is 0. The predicted molar refractivity (Wildman–Crippen MR) is 55.0 cm³/mol. The Hall–Kier alpha value is -0.610. The number of hydrogen-bond acceptors (Lipinski definition) is 4. The van der Waals surface area contributed by atoms with Crippen molar-refractivity contribution in [3.8, 4) is 0 Å². The van der Waals surface area contributed by atoms with Gasteiger partial charge < -0.3 is 15.2 Å². The van der Waals surface area contributed by atoms with E-state index >= 15 is 0 Å². The van der Waals surface area contributed by atoms with Crippen LogP contribution < -0.4 is 5.73 Å². The fourth-order valence-corrected chi connectivity index (χ4v) is 0.947. The third-order valence-corrected chi connectivity index (χ3v) is 1.67. The molecule has 0 saturated heterocycles. The van der Waals surface area contributed by atoms with Gasteiger partial charge in [0.25, 0.3) is 0 Å². The zero-order valence-electron chi connectivity index (χ0n) is 8.96.